The molecule has 1 heterocycles. The Bertz CT molecular complexity index is 876. The molecule has 12 heteroatoms. The van der Waals surface area contributed by atoms with Crippen molar-refractivity contribution in [3.8, 4) is 0 Å². The Morgan fingerprint density at radius 1 is 1.12 bits per heavy atom. The van der Waals surface area contributed by atoms with Gasteiger partial charge in [-0.2, -0.15) is 26.3 Å². The maximum absolute atomic E-state index is 13.9. The van der Waals surface area contributed by atoms with Crippen LogP contribution in [0.3, 0.4) is 0 Å². The normalized spacial score (nSPS) is 20.3. The summed E-state index contributed by atoms with van der Waals surface area (Å²) in [7, 11) is 0.939. The molecule has 1 aromatic carbocycles. The summed E-state index contributed by atoms with van der Waals surface area (Å²) in [6.45, 7) is 4.78. The van der Waals surface area contributed by atoms with Crippen molar-refractivity contribution in [2.24, 2.45) is 0 Å². The van der Waals surface area contributed by atoms with Crippen LogP contribution in [0, 0.1) is 0 Å². The summed E-state index contributed by atoms with van der Waals surface area (Å²) in [5.74, 6) is -0.0987. The summed E-state index contributed by atoms with van der Waals surface area (Å²) in [4.78, 5) is 15.7. The molecule has 0 radical (unpaired) electrons. The number of anilines is 1. The number of nitrogens with zero attached hydrogens (tertiary/aromatic N) is 2. The standard InChI is InChI=1S/C22H27BrF6N2O3/c1-5-6-16-9-17(20(21(24,25)26,22(27,28)29)34-13-33-4)7-8-18(16)30-11-15(3)31(12-14(30)2)19(32)10-23/h5-9,14-15H,10-13H2,1-4H3/b6-5-. The van der Waals surface area contributed by atoms with Gasteiger partial charge in [0, 0.05) is 43.5 Å². The summed E-state index contributed by atoms with van der Waals surface area (Å²) in [5, 5.41) is 0.154. The summed E-state index contributed by atoms with van der Waals surface area (Å²) >= 11 is 3.15. The van der Waals surface area contributed by atoms with E-state index < -0.39 is 30.3 Å². The number of amides is 1. The fourth-order valence-corrected chi connectivity index (χ4v) is 4.44. The third kappa shape index (κ3) is 5.38. The van der Waals surface area contributed by atoms with Crippen molar-refractivity contribution in [3.63, 3.8) is 0 Å². The van der Waals surface area contributed by atoms with Crippen molar-refractivity contribution >= 4 is 33.6 Å². The number of carbonyl (C=O) groups excluding carboxylic acids is 1. The molecule has 2 rings (SSSR count). The van der Waals surface area contributed by atoms with Crippen molar-refractivity contribution in [2.75, 3.05) is 37.2 Å². The lowest BCUT2D eigenvalue weighted by molar-refractivity contribution is -0.400. The predicted octanol–water partition coefficient (Wildman–Crippen LogP) is 5.48. The molecule has 0 aliphatic carbocycles. The molecule has 192 valence electrons. The zero-order valence-corrected chi connectivity index (χ0v) is 20.7. The summed E-state index contributed by atoms with van der Waals surface area (Å²) in [6, 6.07) is 2.42. The van der Waals surface area contributed by atoms with Crippen LogP contribution in [0.15, 0.2) is 24.3 Å². The topological polar surface area (TPSA) is 42.0 Å². The van der Waals surface area contributed by atoms with E-state index in [1.54, 1.807) is 11.8 Å². The number of benzene rings is 1. The second-order valence-corrected chi connectivity index (χ2v) is 8.59. The predicted molar refractivity (Wildman–Crippen MR) is 120 cm³/mol. The number of hydrogen-bond acceptors (Lipinski definition) is 4. The lowest BCUT2D eigenvalue weighted by atomic mass is 9.89. The van der Waals surface area contributed by atoms with Gasteiger partial charge in [-0.15, -0.1) is 0 Å². The van der Waals surface area contributed by atoms with Crippen LogP contribution < -0.4 is 4.90 Å². The van der Waals surface area contributed by atoms with E-state index in [1.807, 2.05) is 18.7 Å². The number of methoxy groups -OCH3 is 1. The highest BCUT2D eigenvalue weighted by Crippen LogP contribution is 2.53. The quantitative estimate of drug-likeness (QED) is 0.251. The van der Waals surface area contributed by atoms with Gasteiger partial charge in [0.1, 0.15) is 6.79 Å². The van der Waals surface area contributed by atoms with Crippen molar-refractivity contribution in [2.45, 2.75) is 50.8 Å². The zero-order valence-electron chi connectivity index (χ0n) is 19.1. The molecule has 1 aliphatic rings. The van der Waals surface area contributed by atoms with Crippen LogP contribution in [0.25, 0.3) is 6.08 Å². The van der Waals surface area contributed by atoms with Gasteiger partial charge in [-0.3, -0.25) is 4.79 Å². The van der Waals surface area contributed by atoms with E-state index in [2.05, 4.69) is 25.4 Å². The molecular formula is C22H27BrF6N2O3. The SMILES string of the molecule is C/C=C\c1cc(C(OCOC)(C(F)(F)F)C(F)(F)F)ccc1N1CC(C)N(C(=O)CBr)CC1C. The largest absolute Gasteiger partial charge is 0.430 e. The Morgan fingerprint density at radius 3 is 2.24 bits per heavy atom. The van der Waals surface area contributed by atoms with Crippen LogP contribution in [0.2, 0.25) is 0 Å². The number of rotatable bonds is 7. The van der Waals surface area contributed by atoms with Crippen molar-refractivity contribution < 1.29 is 40.6 Å². The highest BCUT2D eigenvalue weighted by molar-refractivity contribution is 9.09. The number of ether oxygens (including phenoxy) is 2. The van der Waals surface area contributed by atoms with Gasteiger partial charge in [-0.25, -0.2) is 0 Å². The Labute approximate surface area is 202 Å². The Hall–Kier alpha value is -1.79. The molecule has 0 spiro atoms. The molecule has 2 atom stereocenters. The van der Waals surface area contributed by atoms with Crippen LogP contribution >= 0.6 is 15.9 Å². The van der Waals surface area contributed by atoms with E-state index in [4.69, 9.17) is 0 Å². The van der Waals surface area contributed by atoms with Gasteiger partial charge in [-0.1, -0.05) is 34.1 Å². The van der Waals surface area contributed by atoms with Crippen molar-refractivity contribution in [1.82, 2.24) is 4.90 Å². The fourth-order valence-electron chi connectivity index (χ4n) is 4.12. The molecule has 0 bridgehead atoms. The molecule has 1 saturated heterocycles. The number of alkyl halides is 7. The first-order valence-electron chi connectivity index (χ1n) is 10.4. The fraction of sp³-hybridized carbons (Fsp3) is 0.591. The number of piperazine rings is 1. The van der Waals surface area contributed by atoms with Gasteiger partial charge in [0.25, 0.3) is 5.60 Å². The van der Waals surface area contributed by atoms with E-state index in [-0.39, 0.29) is 28.9 Å². The Balaban J connectivity index is 2.62. The Morgan fingerprint density at radius 2 is 1.74 bits per heavy atom. The second-order valence-electron chi connectivity index (χ2n) is 8.03. The molecule has 1 aromatic rings. The minimum Gasteiger partial charge on any atom is -0.365 e. The smallest absolute Gasteiger partial charge is 0.365 e. The highest BCUT2D eigenvalue weighted by Gasteiger charge is 2.73. The van der Waals surface area contributed by atoms with Crippen LogP contribution in [-0.4, -0.2) is 67.6 Å². The molecule has 1 fully saturated rings. The van der Waals surface area contributed by atoms with Gasteiger partial charge in [0.05, 0.1) is 5.33 Å². The summed E-state index contributed by atoms with van der Waals surface area (Å²) in [5.41, 5.74) is -5.05. The average molecular weight is 561 g/mol. The highest BCUT2D eigenvalue weighted by atomic mass is 79.9. The number of allylic oxidation sites excluding steroid dienone is 1. The van der Waals surface area contributed by atoms with Gasteiger partial charge < -0.3 is 19.3 Å². The minimum absolute atomic E-state index is 0.0987. The van der Waals surface area contributed by atoms with Gasteiger partial charge >= 0.3 is 12.4 Å². The van der Waals surface area contributed by atoms with E-state index in [1.165, 1.54) is 18.2 Å². The number of halogens is 7. The van der Waals surface area contributed by atoms with E-state index in [0.29, 0.717) is 18.8 Å². The molecular weight excluding hydrogens is 534 g/mol. The van der Waals surface area contributed by atoms with Crippen molar-refractivity contribution in [1.29, 1.82) is 0 Å². The minimum atomic E-state index is -5.80. The molecule has 1 aliphatic heterocycles. The van der Waals surface area contributed by atoms with Gasteiger partial charge in [0.2, 0.25) is 5.91 Å². The average Bonchev–Trinajstić information content (AvgIpc) is 2.73. The van der Waals surface area contributed by atoms with Crippen LogP contribution in [-0.2, 0) is 19.9 Å². The lowest BCUT2D eigenvalue weighted by Crippen LogP contribution is -2.58. The van der Waals surface area contributed by atoms with E-state index in [9.17, 15) is 31.1 Å². The van der Waals surface area contributed by atoms with Crippen LogP contribution in [0.5, 0.6) is 0 Å². The maximum atomic E-state index is 13.9. The first kappa shape index (κ1) is 28.4. The van der Waals surface area contributed by atoms with Crippen molar-refractivity contribution in [3.05, 3.63) is 35.4 Å². The molecule has 34 heavy (non-hydrogen) atoms. The first-order chi connectivity index (χ1) is 15.7. The van der Waals surface area contributed by atoms with Crippen LogP contribution in [0.1, 0.15) is 31.9 Å². The number of hydrogen-bond donors (Lipinski definition) is 0. The molecule has 2 unspecified atom stereocenters. The van der Waals surface area contributed by atoms with Gasteiger partial charge in [-0.05, 0) is 38.5 Å². The molecule has 0 saturated carbocycles. The lowest BCUT2D eigenvalue weighted by Gasteiger charge is -2.46. The zero-order chi connectivity index (χ0) is 25.9. The molecule has 0 aromatic heterocycles. The first-order valence-corrected chi connectivity index (χ1v) is 11.5. The molecule has 5 nitrogen and oxygen atoms in total. The summed E-state index contributed by atoms with van der Waals surface area (Å²) in [6.07, 6.45) is -8.63. The number of carbonyl (C=O) groups is 1. The third-order valence-electron chi connectivity index (χ3n) is 5.70. The van der Waals surface area contributed by atoms with E-state index >= 15 is 0 Å². The van der Waals surface area contributed by atoms with E-state index in [0.717, 1.165) is 19.2 Å². The third-order valence-corrected chi connectivity index (χ3v) is 6.18. The molecule has 0 N–H and O–H groups in total. The maximum Gasteiger partial charge on any atom is 0.430 e. The van der Waals surface area contributed by atoms with Crippen LogP contribution in [0.4, 0.5) is 32.0 Å². The second kappa shape index (κ2) is 10.9. The molecule has 1 amide bonds. The Kier molecular flexibility index (Phi) is 9.09. The van der Waals surface area contributed by atoms with Gasteiger partial charge in [0.15, 0.2) is 0 Å². The monoisotopic (exact) mass is 560 g/mol. The summed E-state index contributed by atoms with van der Waals surface area (Å²) < 4.78 is 92.4.